The molecule has 1 N–H and O–H groups in total. The second-order valence-corrected chi connectivity index (χ2v) is 5.47. The zero-order chi connectivity index (χ0) is 16.8. The normalized spacial score (nSPS) is 11.8. The minimum absolute atomic E-state index is 0.0683. The highest BCUT2D eigenvalue weighted by Crippen LogP contribution is 2.33. The van der Waals surface area contributed by atoms with E-state index in [1.807, 2.05) is 0 Å². The molecule has 0 amide bonds. The van der Waals surface area contributed by atoms with Gasteiger partial charge in [0.05, 0.1) is 5.56 Å². The molecule has 0 aliphatic carbocycles. The quantitative estimate of drug-likeness (QED) is 0.394. The summed E-state index contributed by atoms with van der Waals surface area (Å²) in [5.74, 6) is -11.3. The molecule has 0 aromatic heterocycles. The molecule has 0 saturated carbocycles. The average molecular weight is 342 g/mol. The van der Waals surface area contributed by atoms with Crippen molar-refractivity contribution in [3.63, 3.8) is 0 Å². The maximum Gasteiger partial charge on any atom is 0.297 e. The molecule has 0 fully saturated rings. The molecule has 2 aromatic rings. The molecule has 0 heterocycles. The van der Waals surface area contributed by atoms with Crippen LogP contribution < -0.4 is 0 Å². The lowest BCUT2D eigenvalue weighted by molar-refractivity contribution is 0.436. The molecule has 0 aliphatic rings. The van der Waals surface area contributed by atoms with Crippen molar-refractivity contribution in [1.29, 1.82) is 0 Å². The van der Waals surface area contributed by atoms with Crippen LogP contribution in [0.5, 0.6) is 0 Å². The average Bonchev–Trinajstić information content (AvgIpc) is 2.37. The van der Waals surface area contributed by atoms with E-state index in [1.165, 1.54) is 0 Å². The minimum atomic E-state index is -5.18. The van der Waals surface area contributed by atoms with Crippen LogP contribution in [-0.2, 0) is 10.1 Å². The highest BCUT2D eigenvalue weighted by atomic mass is 32.2. The Morgan fingerprint density at radius 1 is 0.727 bits per heavy atom. The summed E-state index contributed by atoms with van der Waals surface area (Å²) in [7, 11) is -5.18. The van der Waals surface area contributed by atoms with E-state index in [-0.39, 0.29) is 18.2 Å². The third-order valence-electron chi connectivity index (χ3n) is 2.68. The predicted molar refractivity (Wildman–Crippen MR) is 61.4 cm³/mol. The first-order valence-electron chi connectivity index (χ1n) is 5.34. The first-order chi connectivity index (χ1) is 10.0. The van der Waals surface area contributed by atoms with Gasteiger partial charge < -0.3 is 0 Å². The molecule has 3 nitrogen and oxygen atoms in total. The predicted octanol–water partition coefficient (Wildman–Crippen LogP) is 3.43. The van der Waals surface area contributed by atoms with Gasteiger partial charge in [-0.25, -0.2) is 26.3 Å². The molecule has 10 heteroatoms. The van der Waals surface area contributed by atoms with E-state index in [0.717, 1.165) is 0 Å². The summed E-state index contributed by atoms with van der Waals surface area (Å²) >= 11 is 0. The van der Waals surface area contributed by atoms with Gasteiger partial charge in [0.25, 0.3) is 10.1 Å². The van der Waals surface area contributed by atoms with Crippen LogP contribution in [0.3, 0.4) is 0 Å². The fraction of sp³-hybridized carbons (Fsp3) is 0. The topological polar surface area (TPSA) is 54.4 Å². The lowest BCUT2D eigenvalue weighted by atomic mass is 10.0. The maximum atomic E-state index is 13.6. The van der Waals surface area contributed by atoms with E-state index in [0.29, 0.717) is 0 Å². The summed E-state index contributed by atoms with van der Waals surface area (Å²) in [5, 5.41) is 0. The Balaban J connectivity index is 2.88. The lowest BCUT2D eigenvalue weighted by Gasteiger charge is -2.10. The van der Waals surface area contributed by atoms with Gasteiger partial charge in [-0.1, -0.05) is 0 Å². The first-order valence-corrected chi connectivity index (χ1v) is 6.78. The van der Waals surface area contributed by atoms with Gasteiger partial charge in [-0.15, -0.1) is 0 Å². The number of hydrogen-bond acceptors (Lipinski definition) is 2. The second-order valence-electron chi connectivity index (χ2n) is 4.08. The van der Waals surface area contributed by atoms with E-state index in [9.17, 15) is 34.8 Å². The molecule has 0 spiro atoms. The Morgan fingerprint density at radius 2 is 1.27 bits per heavy atom. The van der Waals surface area contributed by atoms with Gasteiger partial charge >= 0.3 is 0 Å². The van der Waals surface area contributed by atoms with E-state index in [1.54, 1.807) is 0 Å². The molecule has 0 saturated heterocycles. The monoisotopic (exact) mass is 342 g/mol. The Bertz CT molecular complexity index is 879. The second kappa shape index (κ2) is 5.29. The Hall–Kier alpha value is -2.07. The van der Waals surface area contributed by atoms with Gasteiger partial charge in [-0.05, 0) is 6.07 Å². The molecule has 2 aromatic carbocycles. The molecule has 22 heavy (non-hydrogen) atoms. The van der Waals surface area contributed by atoms with Crippen molar-refractivity contribution in [3.8, 4) is 11.1 Å². The van der Waals surface area contributed by atoms with Crippen molar-refractivity contribution in [1.82, 2.24) is 0 Å². The van der Waals surface area contributed by atoms with Gasteiger partial charge in [0.2, 0.25) is 0 Å². The van der Waals surface area contributed by atoms with Crippen LogP contribution >= 0.6 is 0 Å². The number of halogens is 6. The molecule has 118 valence electrons. The molecular formula is C12H4F6O3S. The van der Waals surface area contributed by atoms with E-state index >= 15 is 0 Å². The van der Waals surface area contributed by atoms with Gasteiger partial charge in [0.1, 0.15) is 22.3 Å². The van der Waals surface area contributed by atoms with Crippen LogP contribution in [0.25, 0.3) is 11.1 Å². The third-order valence-corrected chi connectivity index (χ3v) is 3.55. The zero-order valence-electron chi connectivity index (χ0n) is 10.2. The van der Waals surface area contributed by atoms with Crippen LogP contribution in [0.4, 0.5) is 26.3 Å². The van der Waals surface area contributed by atoms with Crippen molar-refractivity contribution in [2.24, 2.45) is 0 Å². The molecule has 0 radical (unpaired) electrons. The van der Waals surface area contributed by atoms with E-state index in [2.05, 4.69) is 0 Å². The SMILES string of the molecule is O=S(=O)(O)c1cc(-c2c(F)cc(F)c(F)c2F)c(F)cc1F. The molecule has 0 bridgehead atoms. The fourth-order valence-corrected chi connectivity index (χ4v) is 2.30. The molecule has 0 aliphatic heterocycles. The molecular weight excluding hydrogens is 338 g/mol. The molecule has 2 rings (SSSR count). The molecule has 0 unspecified atom stereocenters. The largest absolute Gasteiger partial charge is 0.297 e. The number of benzene rings is 2. The van der Waals surface area contributed by atoms with Crippen LogP contribution in [0.2, 0.25) is 0 Å². The van der Waals surface area contributed by atoms with Crippen LogP contribution in [0.1, 0.15) is 0 Å². The lowest BCUT2D eigenvalue weighted by Crippen LogP contribution is -2.05. The van der Waals surface area contributed by atoms with E-state index in [4.69, 9.17) is 4.55 Å². The van der Waals surface area contributed by atoms with E-state index < -0.39 is 61.0 Å². The van der Waals surface area contributed by atoms with Crippen molar-refractivity contribution in [2.45, 2.75) is 4.90 Å². The highest BCUT2D eigenvalue weighted by molar-refractivity contribution is 7.85. The van der Waals surface area contributed by atoms with Gasteiger partial charge in [-0.2, -0.15) is 8.42 Å². The summed E-state index contributed by atoms with van der Waals surface area (Å²) in [6, 6.07) is -0.0962. The maximum absolute atomic E-state index is 13.6. The smallest absolute Gasteiger partial charge is 0.282 e. The fourth-order valence-electron chi connectivity index (χ4n) is 1.73. The highest BCUT2D eigenvalue weighted by Gasteiger charge is 2.26. The summed E-state index contributed by atoms with van der Waals surface area (Å²) in [6.07, 6.45) is 0. The molecule has 0 atom stereocenters. The van der Waals surface area contributed by atoms with Crippen LogP contribution in [0, 0.1) is 34.9 Å². The van der Waals surface area contributed by atoms with Gasteiger partial charge in [0, 0.05) is 17.7 Å². The Morgan fingerprint density at radius 3 is 1.82 bits per heavy atom. The third kappa shape index (κ3) is 2.66. The Kier molecular flexibility index (Phi) is 3.92. The number of rotatable bonds is 2. The number of hydrogen-bond donors (Lipinski definition) is 1. The summed E-state index contributed by atoms with van der Waals surface area (Å²) < 4.78 is 111. The van der Waals surface area contributed by atoms with Crippen molar-refractivity contribution in [3.05, 3.63) is 53.1 Å². The summed E-state index contributed by atoms with van der Waals surface area (Å²) in [5.41, 5.74) is -2.65. The zero-order valence-corrected chi connectivity index (χ0v) is 11.0. The first kappa shape index (κ1) is 16.3. The van der Waals surface area contributed by atoms with Crippen molar-refractivity contribution in [2.75, 3.05) is 0 Å². The summed E-state index contributed by atoms with van der Waals surface area (Å²) in [6.45, 7) is 0. The summed E-state index contributed by atoms with van der Waals surface area (Å²) in [4.78, 5) is -1.48. The Labute approximate surface area is 119 Å². The van der Waals surface area contributed by atoms with Crippen molar-refractivity contribution >= 4 is 10.1 Å². The standard InChI is InChI=1S/C12H4F6O3S/c13-5-2-6(14)9(22(19,20)21)1-4(5)10-7(15)3-8(16)11(17)12(10)18/h1-3H,(H,19,20,21). The van der Waals surface area contributed by atoms with Gasteiger partial charge in [-0.3, -0.25) is 4.55 Å². The minimum Gasteiger partial charge on any atom is -0.282 e. The van der Waals surface area contributed by atoms with Crippen LogP contribution in [-0.4, -0.2) is 13.0 Å². The van der Waals surface area contributed by atoms with Gasteiger partial charge in [0.15, 0.2) is 17.5 Å². The van der Waals surface area contributed by atoms with Crippen LogP contribution in [0.15, 0.2) is 23.1 Å². The van der Waals surface area contributed by atoms with Crippen molar-refractivity contribution < 1.29 is 39.3 Å².